The van der Waals surface area contributed by atoms with Gasteiger partial charge in [0.05, 0.1) is 6.20 Å². The fourth-order valence-electron chi connectivity index (χ4n) is 3.03. The molecule has 31 heavy (non-hydrogen) atoms. The maximum Gasteiger partial charge on any atom is 0.490 e. The van der Waals surface area contributed by atoms with E-state index in [0.717, 1.165) is 24.2 Å². The molecule has 0 aromatic carbocycles. The predicted molar refractivity (Wildman–Crippen MR) is 103 cm³/mol. The van der Waals surface area contributed by atoms with Crippen LogP contribution >= 0.6 is 0 Å². The van der Waals surface area contributed by atoms with Gasteiger partial charge in [-0.15, -0.1) is 0 Å². The number of carboxylic acids is 1. The molecule has 1 aliphatic rings. The predicted octanol–water partition coefficient (Wildman–Crippen LogP) is 1.27. The van der Waals surface area contributed by atoms with Crippen molar-refractivity contribution >= 4 is 11.9 Å². The largest absolute Gasteiger partial charge is 0.490 e. The molecule has 0 spiro atoms. The third kappa shape index (κ3) is 6.67. The normalized spacial score (nSPS) is 13.8. The molecule has 0 fully saturated rings. The molecule has 0 aliphatic carbocycles. The number of fused-ring (bicyclic) bond motifs is 1. The second-order valence-corrected chi connectivity index (χ2v) is 7.07. The summed E-state index contributed by atoms with van der Waals surface area (Å²) in [6.07, 6.45) is -2.21. The van der Waals surface area contributed by atoms with Gasteiger partial charge in [-0.1, -0.05) is 11.2 Å². The van der Waals surface area contributed by atoms with Crippen LogP contribution < -0.4 is 5.56 Å². The molecular formula is C19H23F3N4O5. The Morgan fingerprint density at radius 1 is 1.19 bits per heavy atom. The smallest absolute Gasteiger partial charge is 0.475 e. The van der Waals surface area contributed by atoms with Gasteiger partial charge in [0.2, 0.25) is 5.76 Å². The number of hydrogen-bond acceptors (Lipinski definition) is 6. The minimum Gasteiger partial charge on any atom is -0.475 e. The van der Waals surface area contributed by atoms with Gasteiger partial charge in [-0.05, 0) is 26.1 Å². The first kappa shape index (κ1) is 24.1. The number of alkyl halides is 3. The number of carbonyl (C=O) groups excluding carboxylic acids is 1. The molecule has 0 saturated heterocycles. The van der Waals surface area contributed by atoms with Crippen molar-refractivity contribution in [1.82, 2.24) is 19.5 Å². The van der Waals surface area contributed by atoms with Crippen LogP contribution in [0.1, 0.15) is 21.8 Å². The SMILES string of the molecule is CN(C)CCn1c2c(ccc1=O)CCN(C(=O)c1ccno1)CC2.O=C(O)C(F)(F)F. The van der Waals surface area contributed by atoms with Gasteiger partial charge in [-0.25, -0.2) is 4.79 Å². The molecule has 0 radical (unpaired) electrons. The van der Waals surface area contributed by atoms with Crippen molar-refractivity contribution in [3.63, 3.8) is 0 Å². The highest BCUT2D eigenvalue weighted by Gasteiger charge is 2.38. The van der Waals surface area contributed by atoms with Crippen LogP contribution in [-0.4, -0.2) is 76.4 Å². The zero-order valence-corrected chi connectivity index (χ0v) is 17.1. The number of aliphatic carboxylic acids is 1. The van der Waals surface area contributed by atoms with E-state index in [1.54, 1.807) is 17.0 Å². The third-order valence-electron chi connectivity index (χ3n) is 4.61. The molecule has 0 saturated carbocycles. The van der Waals surface area contributed by atoms with E-state index in [1.807, 2.05) is 24.7 Å². The molecule has 1 amide bonds. The number of rotatable bonds is 4. The minimum absolute atomic E-state index is 0.0191. The molecule has 2 aromatic heterocycles. The van der Waals surface area contributed by atoms with E-state index in [9.17, 15) is 22.8 Å². The Hall–Kier alpha value is -3.15. The van der Waals surface area contributed by atoms with Crippen LogP contribution in [0.3, 0.4) is 0 Å². The van der Waals surface area contributed by atoms with E-state index in [4.69, 9.17) is 14.4 Å². The van der Waals surface area contributed by atoms with E-state index >= 15 is 0 Å². The van der Waals surface area contributed by atoms with E-state index in [-0.39, 0.29) is 17.2 Å². The Balaban J connectivity index is 0.000000423. The van der Waals surface area contributed by atoms with Crippen LogP contribution in [0.5, 0.6) is 0 Å². The number of carboxylic acid groups (broad SMARTS) is 1. The molecule has 3 rings (SSSR count). The molecule has 1 aliphatic heterocycles. The van der Waals surface area contributed by atoms with Gasteiger partial charge < -0.3 is 24.0 Å². The summed E-state index contributed by atoms with van der Waals surface area (Å²) in [5, 5.41) is 10.7. The quantitative estimate of drug-likeness (QED) is 0.757. The summed E-state index contributed by atoms with van der Waals surface area (Å²) in [5.74, 6) is -2.65. The lowest BCUT2D eigenvalue weighted by molar-refractivity contribution is -0.192. The zero-order valence-electron chi connectivity index (χ0n) is 17.1. The molecule has 1 N–H and O–H groups in total. The maximum atomic E-state index is 12.4. The van der Waals surface area contributed by atoms with Crippen molar-refractivity contribution in [2.45, 2.75) is 25.6 Å². The first-order valence-corrected chi connectivity index (χ1v) is 9.37. The average molecular weight is 444 g/mol. The summed E-state index contributed by atoms with van der Waals surface area (Å²) >= 11 is 0. The van der Waals surface area contributed by atoms with Gasteiger partial charge in [0, 0.05) is 50.4 Å². The average Bonchev–Trinajstić information content (AvgIpc) is 3.13. The Morgan fingerprint density at radius 2 is 1.84 bits per heavy atom. The van der Waals surface area contributed by atoms with E-state index < -0.39 is 12.1 Å². The molecule has 0 bridgehead atoms. The summed E-state index contributed by atoms with van der Waals surface area (Å²) < 4.78 is 38.6. The number of halogens is 3. The lowest BCUT2D eigenvalue weighted by atomic mass is 10.1. The number of likely N-dealkylation sites (N-methyl/N-ethyl adjacent to an activating group) is 1. The van der Waals surface area contributed by atoms with Crippen LogP contribution in [0.15, 0.2) is 33.7 Å². The summed E-state index contributed by atoms with van der Waals surface area (Å²) in [6.45, 7) is 2.64. The first-order chi connectivity index (χ1) is 14.5. The monoisotopic (exact) mass is 444 g/mol. The lowest BCUT2D eigenvalue weighted by Gasteiger charge is -2.19. The van der Waals surface area contributed by atoms with Crippen LogP contribution in [0.25, 0.3) is 0 Å². The number of pyridine rings is 1. The first-order valence-electron chi connectivity index (χ1n) is 9.37. The highest BCUT2D eigenvalue weighted by atomic mass is 19.4. The van der Waals surface area contributed by atoms with Crippen LogP contribution in [0, 0.1) is 0 Å². The van der Waals surface area contributed by atoms with Crippen molar-refractivity contribution < 1.29 is 32.4 Å². The van der Waals surface area contributed by atoms with E-state index in [0.29, 0.717) is 26.1 Å². The Morgan fingerprint density at radius 3 is 2.39 bits per heavy atom. The van der Waals surface area contributed by atoms with Crippen molar-refractivity contribution in [3.8, 4) is 0 Å². The van der Waals surface area contributed by atoms with Crippen molar-refractivity contribution in [2.75, 3.05) is 33.7 Å². The van der Waals surface area contributed by atoms with Crippen molar-refractivity contribution in [2.24, 2.45) is 0 Å². The highest BCUT2D eigenvalue weighted by molar-refractivity contribution is 5.91. The molecule has 9 nitrogen and oxygen atoms in total. The Labute approximate surface area is 175 Å². The van der Waals surface area contributed by atoms with Crippen LogP contribution in [0.4, 0.5) is 13.2 Å². The maximum absolute atomic E-state index is 12.4. The van der Waals surface area contributed by atoms with Gasteiger partial charge in [0.15, 0.2) is 0 Å². The summed E-state index contributed by atoms with van der Waals surface area (Å²) in [6, 6.07) is 5.10. The van der Waals surface area contributed by atoms with Crippen LogP contribution in [-0.2, 0) is 24.2 Å². The molecule has 170 valence electrons. The molecule has 0 atom stereocenters. The number of aromatic nitrogens is 2. The number of carbonyl (C=O) groups is 2. The highest BCUT2D eigenvalue weighted by Crippen LogP contribution is 2.16. The van der Waals surface area contributed by atoms with E-state index in [1.165, 1.54) is 6.20 Å². The second kappa shape index (κ2) is 10.2. The number of hydrogen-bond donors (Lipinski definition) is 1. The van der Waals surface area contributed by atoms with Crippen LogP contribution in [0.2, 0.25) is 0 Å². The molecule has 2 aromatic rings. The standard InChI is InChI=1S/C17H22N4O3.C2HF3O2/c1-19(2)11-12-21-14-7-10-20(17(23)15-5-8-18-24-15)9-6-13(14)3-4-16(21)22;3-2(4,5)1(6)7/h3-5,8H,6-7,9-12H2,1-2H3;(H,6,7). The molecule has 3 heterocycles. The molecule has 0 unspecified atom stereocenters. The Bertz CT molecular complexity index is 954. The topological polar surface area (TPSA) is 109 Å². The fraction of sp³-hybridized carbons (Fsp3) is 0.474. The van der Waals surface area contributed by atoms with Gasteiger partial charge in [0.25, 0.3) is 11.5 Å². The summed E-state index contributed by atoms with van der Waals surface area (Å²) in [5.41, 5.74) is 2.20. The summed E-state index contributed by atoms with van der Waals surface area (Å²) in [7, 11) is 3.98. The lowest BCUT2D eigenvalue weighted by Crippen LogP contribution is -2.33. The third-order valence-corrected chi connectivity index (χ3v) is 4.61. The van der Waals surface area contributed by atoms with Gasteiger partial charge in [-0.3, -0.25) is 9.59 Å². The minimum atomic E-state index is -5.08. The van der Waals surface area contributed by atoms with Gasteiger partial charge in [0.1, 0.15) is 0 Å². The van der Waals surface area contributed by atoms with Crippen molar-refractivity contribution in [3.05, 3.63) is 51.8 Å². The zero-order chi connectivity index (χ0) is 23.2. The Kier molecular flexibility index (Phi) is 7.97. The van der Waals surface area contributed by atoms with Gasteiger partial charge in [-0.2, -0.15) is 13.2 Å². The molecular weight excluding hydrogens is 421 g/mol. The second-order valence-electron chi connectivity index (χ2n) is 7.07. The summed E-state index contributed by atoms with van der Waals surface area (Å²) in [4.78, 5) is 37.4. The van der Waals surface area contributed by atoms with Crippen molar-refractivity contribution in [1.29, 1.82) is 0 Å². The number of amides is 1. The van der Waals surface area contributed by atoms with E-state index in [2.05, 4.69) is 10.1 Å². The molecule has 12 heteroatoms. The number of nitrogens with zero attached hydrogens (tertiary/aromatic N) is 4. The van der Waals surface area contributed by atoms with Gasteiger partial charge >= 0.3 is 12.1 Å². The fourth-order valence-corrected chi connectivity index (χ4v) is 3.03.